The van der Waals surface area contributed by atoms with Gasteiger partial charge in [-0.25, -0.2) is 0 Å². The lowest BCUT2D eigenvalue weighted by Gasteiger charge is -2.04. The maximum absolute atomic E-state index is 12.2. The molecule has 1 aromatic heterocycles. The number of H-pyrrole nitrogens is 1. The number of rotatable bonds is 3. The maximum atomic E-state index is 12.2. The molecule has 3 aromatic rings. The SMILES string of the molecule is Cc1ccc(CNC(=O)c2n[nH]c3ccccc23)cc1. The molecule has 3 rings (SSSR count). The Labute approximate surface area is 116 Å². The Kier molecular flexibility index (Phi) is 3.21. The second-order valence-electron chi connectivity index (χ2n) is 4.79. The van der Waals surface area contributed by atoms with E-state index in [-0.39, 0.29) is 5.91 Å². The maximum Gasteiger partial charge on any atom is 0.272 e. The molecule has 4 nitrogen and oxygen atoms in total. The highest BCUT2D eigenvalue weighted by Crippen LogP contribution is 2.15. The van der Waals surface area contributed by atoms with E-state index in [9.17, 15) is 4.79 Å². The molecule has 20 heavy (non-hydrogen) atoms. The van der Waals surface area contributed by atoms with Gasteiger partial charge in [-0.1, -0.05) is 48.0 Å². The molecule has 2 N–H and O–H groups in total. The number of carbonyl (C=O) groups is 1. The van der Waals surface area contributed by atoms with E-state index in [0.29, 0.717) is 12.2 Å². The highest BCUT2D eigenvalue weighted by molar-refractivity contribution is 6.04. The van der Waals surface area contributed by atoms with Crippen molar-refractivity contribution in [2.75, 3.05) is 0 Å². The van der Waals surface area contributed by atoms with Gasteiger partial charge in [-0.05, 0) is 18.6 Å². The minimum atomic E-state index is -0.164. The molecule has 1 heterocycles. The van der Waals surface area contributed by atoms with Gasteiger partial charge in [0.2, 0.25) is 0 Å². The number of hydrogen-bond acceptors (Lipinski definition) is 2. The van der Waals surface area contributed by atoms with Crippen LogP contribution in [0, 0.1) is 6.92 Å². The van der Waals surface area contributed by atoms with Crippen LogP contribution in [-0.2, 0) is 6.54 Å². The first-order valence-corrected chi connectivity index (χ1v) is 6.51. The van der Waals surface area contributed by atoms with Crippen LogP contribution in [0.3, 0.4) is 0 Å². The number of nitrogens with one attached hydrogen (secondary N) is 2. The second kappa shape index (κ2) is 5.17. The zero-order valence-corrected chi connectivity index (χ0v) is 11.2. The van der Waals surface area contributed by atoms with E-state index in [0.717, 1.165) is 16.5 Å². The summed E-state index contributed by atoms with van der Waals surface area (Å²) in [7, 11) is 0. The number of nitrogens with zero attached hydrogens (tertiary/aromatic N) is 1. The van der Waals surface area contributed by atoms with Gasteiger partial charge in [-0.2, -0.15) is 5.10 Å². The first kappa shape index (κ1) is 12.4. The molecule has 0 aliphatic carbocycles. The minimum absolute atomic E-state index is 0.164. The summed E-state index contributed by atoms with van der Waals surface area (Å²) in [6.07, 6.45) is 0. The third kappa shape index (κ3) is 2.40. The van der Waals surface area contributed by atoms with Gasteiger partial charge in [-0.15, -0.1) is 0 Å². The van der Waals surface area contributed by atoms with Crippen molar-refractivity contribution in [3.63, 3.8) is 0 Å². The van der Waals surface area contributed by atoms with Gasteiger partial charge < -0.3 is 5.32 Å². The van der Waals surface area contributed by atoms with E-state index < -0.39 is 0 Å². The fourth-order valence-corrected chi connectivity index (χ4v) is 2.11. The smallest absolute Gasteiger partial charge is 0.272 e. The molecule has 0 spiro atoms. The lowest BCUT2D eigenvalue weighted by Crippen LogP contribution is -2.23. The number of aromatic amines is 1. The summed E-state index contributed by atoms with van der Waals surface area (Å²) in [6, 6.07) is 15.7. The molecule has 0 radical (unpaired) electrons. The number of aromatic nitrogens is 2. The van der Waals surface area contributed by atoms with Crippen molar-refractivity contribution in [3.8, 4) is 0 Å². The van der Waals surface area contributed by atoms with E-state index in [1.54, 1.807) is 0 Å². The molecule has 0 saturated heterocycles. The Morgan fingerprint density at radius 2 is 1.90 bits per heavy atom. The van der Waals surface area contributed by atoms with E-state index in [2.05, 4.69) is 15.5 Å². The van der Waals surface area contributed by atoms with Gasteiger partial charge >= 0.3 is 0 Å². The normalized spacial score (nSPS) is 10.7. The molecule has 0 saturated carbocycles. The summed E-state index contributed by atoms with van der Waals surface area (Å²) in [5.41, 5.74) is 3.59. The van der Waals surface area contributed by atoms with Crippen molar-refractivity contribution in [2.45, 2.75) is 13.5 Å². The molecule has 0 unspecified atom stereocenters. The van der Waals surface area contributed by atoms with Gasteiger partial charge in [-0.3, -0.25) is 9.89 Å². The van der Waals surface area contributed by atoms with Crippen LogP contribution in [0.2, 0.25) is 0 Å². The summed E-state index contributed by atoms with van der Waals surface area (Å²) in [5, 5.41) is 10.7. The van der Waals surface area contributed by atoms with Crippen molar-refractivity contribution in [2.24, 2.45) is 0 Å². The Morgan fingerprint density at radius 3 is 2.70 bits per heavy atom. The molecule has 4 heteroatoms. The molecular weight excluding hydrogens is 250 g/mol. The van der Waals surface area contributed by atoms with Crippen LogP contribution in [-0.4, -0.2) is 16.1 Å². The summed E-state index contributed by atoms with van der Waals surface area (Å²) in [6.45, 7) is 2.54. The molecule has 0 aliphatic heterocycles. The molecule has 0 aliphatic rings. The number of hydrogen-bond donors (Lipinski definition) is 2. The molecule has 1 amide bonds. The van der Waals surface area contributed by atoms with Crippen molar-refractivity contribution < 1.29 is 4.79 Å². The van der Waals surface area contributed by atoms with Gasteiger partial charge in [0.15, 0.2) is 5.69 Å². The fourth-order valence-electron chi connectivity index (χ4n) is 2.11. The van der Waals surface area contributed by atoms with Crippen molar-refractivity contribution >= 4 is 16.8 Å². The van der Waals surface area contributed by atoms with Gasteiger partial charge in [0.1, 0.15) is 0 Å². The third-order valence-electron chi connectivity index (χ3n) is 3.26. The van der Waals surface area contributed by atoms with Crippen LogP contribution in [0.25, 0.3) is 10.9 Å². The van der Waals surface area contributed by atoms with E-state index >= 15 is 0 Å². The average Bonchev–Trinajstić information content (AvgIpc) is 2.90. The zero-order valence-electron chi connectivity index (χ0n) is 11.2. The van der Waals surface area contributed by atoms with Crippen LogP contribution < -0.4 is 5.32 Å². The Hall–Kier alpha value is -2.62. The van der Waals surface area contributed by atoms with Crippen LogP contribution in [0.15, 0.2) is 48.5 Å². The van der Waals surface area contributed by atoms with Crippen molar-refractivity contribution in [1.82, 2.24) is 15.5 Å². The second-order valence-corrected chi connectivity index (χ2v) is 4.79. The first-order chi connectivity index (χ1) is 9.74. The number of fused-ring (bicyclic) bond motifs is 1. The van der Waals surface area contributed by atoms with E-state index in [1.807, 2.05) is 55.5 Å². The minimum Gasteiger partial charge on any atom is -0.347 e. The van der Waals surface area contributed by atoms with Gasteiger partial charge in [0.25, 0.3) is 5.91 Å². The molecule has 100 valence electrons. The lowest BCUT2D eigenvalue weighted by atomic mass is 10.1. The predicted molar refractivity (Wildman–Crippen MR) is 78.4 cm³/mol. The van der Waals surface area contributed by atoms with Gasteiger partial charge in [0, 0.05) is 11.9 Å². The third-order valence-corrected chi connectivity index (χ3v) is 3.26. The molecule has 0 bridgehead atoms. The Balaban J connectivity index is 1.75. The fraction of sp³-hybridized carbons (Fsp3) is 0.125. The topological polar surface area (TPSA) is 57.8 Å². The molecule has 0 atom stereocenters. The Morgan fingerprint density at radius 1 is 1.15 bits per heavy atom. The predicted octanol–water partition coefficient (Wildman–Crippen LogP) is 2.80. The highest BCUT2D eigenvalue weighted by atomic mass is 16.1. The standard InChI is InChI=1S/C16H15N3O/c1-11-6-8-12(9-7-11)10-17-16(20)15-13-4-2-3-5-14(13)18-19-15/h2-9H,10H2,1H3,(H,17,20)(H,18,19). The van der Waals surface area contributed by atoms with Gasteiger partial charge in [0.05, 0.1) is 5.52 Å². The van der Waals surface area contributed by atoms with E-state index in [1.165, 1.54) is 5.56 Å². The zero-order chi connectivity index (χ0) is 13.9. The monoisotopic (exact) mass is 265 g/mol. The quantitative estimate of drug-likeness (QED) is 0.765. The summed E-state index contributed by atoms with van der Waals surface area (Å²) in [4.78, 5) is 12.2. The Bertz CT molecular complexity index is 744. The average molecular weight is 265 g/mol. The number of aryl methyl sites for hydroxylation is 1. The van der Waals surface area contributed by atoms with Crippen LogP contribution in [0.4, 0.5) is 0 Å². The number of para-hydroxylation sites is 1. The van der Waals surface area contributed by atoms with Crippen molar-refractivity contribution in [1.29, 1.82) is 0 Å². The van der Waals surface area contributed by atoms with Crippen LogP contribution >= 0.6 is 0 Å². The van der Waals surface area contributed by atoms with E-state index in [4.69, 9.17) is 0 Å². The summed E-state index contributed by atoms with van der Waals surface area (Å²) >= 11 is 0. The van der Waals surface area contributed by atoms with Crippen LogP contribution in [0.1, 0.15) is 21.6 Å². The first-order valence-electron chi connectivity index (χ1n) is 6.51. The number of benzene rings is 2. The lowest BCUT2D eigenvalue weighted by molar-refractivity contribution is 0.0947. The number of carbonyl (C=O) groups excluding carboxylic acids is 1. The van der Waals surface area contributed by atoms with Crippen molar-refractivity contribution in [3.05, 3.63) is 65.4 Å². The summed E-state index contributed by atoms with van der Waals surface area (Å²) in [5.74, 6) is -0.164. The molecule has 0 fully saturated rings. The molecular formula is C16H15N3O. The largest absolute Gasteiger partial charge is 0.347 e. The van der Waals surface area contributed by atoms with Crippen LogP contribution in [0.5, 0.6) is 0 Å². The molecule has 2 aromatic carbocycles. The number of amides is 1. The summed E-state index contributed by atoms with van der Waals surface area (Å²) < 4.78 is 0. The highest BCUT2D eigenvalue weighted by Gasteiger charge is 2.12.